The minimum absolute atomic E-state index is 0.465. The minimum atomic E-state index is -0.465. The molecule has 3 heteroatoms. The first-order chi connectivity index (χ1) is 4.84. The molecule has 0 amide bonds. The molecule has 0 saturated heterocycles. The Bertz CT molecular complexity index is 234. The molecule has 0 fully saturated rings. The number of carbonyl (C=O) groups excluding carboxylic acids is 1. The molecule has 1 aromatic rings. The predicted molar refractivity (Wildman–Crippen MR) is 35.9 cm³/mol. The van der Waals surface area contributed by atoms with Gasteiger partial charge >= 0.3 is 0 Å². The molecule has 1 aromatic heterocycles. The van der Waals surface area contributed by atoms with Crippen LogP contribution in [0.1, 0.15) is 11.8 Å². The number of rotatable bonds is 2. The van der Waals surface area contributed by atoms with E-state index in [-0.39, 0.29) is 0 Å². The molecule has 1 rings (SSSR count). The highest BCUT2D eigenvalue weighted by molar-refractivity contribution is 5.47. The second-order valence-corrected chi connectivity index (χ2v) is 1.83. The highest BCUT2D eigenvalue weighted by atomic mass is 16.3. The zero-order chi connectivity index (χ0) is 7.40. The van der Waals surface area contributed by atoms with Gasteiger partial charge in [0, 0.05) is 6.08 Å². The Kier molecular flexibility index (Phi) is 2.05. The van der Waals surface area contributed by atoms with E-state index in [2.05, 4.69) is 0 Å². The van der Waals surface area contributed by atoms with Crippen LogP contribution < -0.4 is 5.73 Å². The summed E-state index contributed by atoms with van der Waals surface area (Å²) >= 11 is 0. The molecule has 0 radical (unpaired) electrons. The molecule has 0 aliphatic rings. The number of furan rings is 1. The van der Waals surface area contributed by atoms with Gasteiger partial charge in [-0.1, -0.05) is 0 Å². The lowest BCUT2D eigenvalue weighted by molar-refractivity contribution is 0.493. The van der Waals surface area contributed by atoms with Crippen LogP contribution in [-0.4, -0.2) is 5.94 Å². The van der Waals surface area contributed by atoms with Crippen LogP contribution in [0.3, 0.4) is 0 Å². The third-order valence-corrected chi connectivity index (χ3v) is 1.12. The van der Waals surface area contributed by atoms with Gasteiger partial charge in [0.1, 0.15) is 11.7 Å². The van der Waals surface area contributed by atoms with Gasteiger partial charge in [0.05, 0.1) is 12.3 Å². The molecule has 0 bridgehead atoms. The van der Waals surface area contributed by atoms with Crippen molar-refractivity contribution >= 4 is 5.94 Å². The van der Waals surface area contributed by atoms with Gasteiger partial charge in [-0.05, 0) is 12.1 Å². The highest BCUT2D eigenvalue weighted by Gasteiger charge is 2.02. The Morgan fingerprint density at radius 2 is 2.60 bits per heavy atom. The van der Waals surface area contributed by atoms with Crippen molar-refractivity contribution in [3.8, 4) is 0 Å². The summed E-state index contributed by atoms with van der Waals surface area (Å²) < 4.78 is 4.91. The summed E-state index contributed by atoms with van der Waals surface area (Å²) in [7, 11) is 0. The summed E-state index contributed by atoms with van der Waals surface area (Å²) in [5.41, 5.74) is 5.44. The molecule has 1 unspecified atom stereocenters. The Hall–Kier alpha value is -1.31. The van der Waals surface area contributed by atoms with Crippen LogP contribution in [0.5, 0.6) is 0 Å². The van der Waals surface area contributed by atoms with Gasteiger partial charge in [0.25, 0.3) is 0 Å². The Labute approximate surface area is 58.1 Å². The van der Waals surface area contributed by atoms with E-state index in [1.807, 2.05) is 0 Å². The maximum absolute atomic E-state index is 9.81. The van der Waals surface area contributed by atoms with Gasteiger partial charge in [-0.15, -0.1) is 0 Å². The largest absolute Gasteiger partial charge is 0.467 e. The standard InChI is InChI=1S/C7H7NO2/c8-6(3-4-9)7-2-1-5-10-7/h1-3,5-6H,8H2. The molecule has 0 aromatic carbocycles. The Balaban J connectivity index is 2.76. The van der Waals surface area contributed by atoms with Gasteiger partial charge in [-0.2, -0.15) is 0 Å². The van der Waals surface area contributed by atoms with E-state index in [9.17, 15) is 4.79 Å². The van der Waals surface area contributed by atoms with Crippen LogP contribution in [0.15, 0.2) is 28.9 Å². The van der Waals surface area contributed by atoms with E-state index in [0.717, 1.165) is 0 Å². The van der Waals surface area contributed by atoms with Crippen molar-refractivity contribution in [1.29, 1.82) is 0 Å². The van der Waals surface area contributed by atoms with Crippen molar-refractivity contribution in [2.75, 3.05) is 0 Å². The summed E-state index contributed by atoms with van der Waals surface area (Å²) in [6.07, 6.45) is 2.71. The van der Waals surface area contributed by atoms with Gasteiger partial charge < -0.3 is 10.2 Å². The lowest BCUT2D eigenvalue weighted by Crippen LogP contribution is -2.05. The molecule has 0 spiro atoms. The van der Waals surface area contributed by atoms with Crippen LogP contribution in [0.25, 0.3) is 0 Å². The average molecular weight is 137 g/mol. The molecule has 1 atom stereocenters. The third kappa shape index (κ3) is 1.35. The Morgan fingerprint density at radius 1 is 1.80 bits per heavy atom. The number of nitrogens with two attached hydrogens (primary N) is 1. The van der Waals surface area contributed by atoms with Crippen molar-refractivity contribution < 1.29 is 9.21 Å². The summed E-state index contributed by atoms with van der Waals surface area (Å²) in [4.78, 5) is 9.81. The van der Waals surface area contributed by atoms with E-state index in [0.29, 0.717) is 5.76 Å². The first kappa shape index (κ1) is 6.81. The van der Waals surface area contributed by atoms with E-state index in [1.54, 1.807) is 18.1 Å². The fourth-order valence-electron chi connectivity index (χ4n) is 0.636. The summed E-state index contributed by atoms with van der Waals surface area (Å²) in [5, 5.41) is 0. The molecule has 1 heterocycles. The molecule has 0 aliphatic heterocycles. The molecular weight excluding hydrogens is 130 g/mol. The van der Waals surface area contributed by atoms with Gasteiger partial charge in [0.2, 0.25) is 0 Å². The SMILES string of the molecule is NC(C=C=O)c1ccco1. The van der Waals surface area contributed by atoms with Crippen LogP contribution in [0, 0.1) is 0 Å². The second-order valence-electron chi connectivity index (χ2n) is 1.83. The molecule has 3 nitrogen and oxygen atoms in total. The molecule has 2 N–H and O–H groups in total. The lowest BCUT2D eigenvalue weighted by Gasteiger charge is -1.96. The van der Waals surface area contributed by atoms with Crippen molar-refractivity contribution in [2.24, 2.45) is 5.73 Å². The zero-order valence-electron chi connectivity index (χ0n) is 5.28. The van der Waals surface area contributed by atoms with Gasteiger partial charge in [-0.25, -0.2) is 4.79 Å². The maximum atomic E-state index is 9.81. The number of hydrogen-bond donors (Lipinski definition) is 1. The van der Waals surface area contributed by atoms with Crippen LogP contribution in [-0.2, 0) is 4.79 Å². The first-order valence-electron chi connectivity index (χ1n) is 2.84. The topological polar surface area (TPSA) is 56.2 Å². The van der Waals surface area contributed by atoms with E-state index >= 15 is 0 Å². The smallest absolute Gasteiger partial charge is 0.125 e. The van der Waals surface area contributed by atoms with Crippen molar-refractivity contribution in [1.82, 2.24) is 0 Å². The monoisotopic (exact) mass is 137 g/mol. The normalized spacial score (nSPS) is 12.1. The summed E-state index contributed by atoms with van der Waals surface area (Å²) in [6.45, 7) is 0. The zero-order valence-corrected chi connectivity index (χ0v) is 5.28. The minimum Gasteiger partial charge on any atom is -0.467 e. The van der Waals surface area contributed by atoms with Crippen LogP contribution in [0.4, 0.5) is 0 Å². The lowest BCUT2D eigenvalue weighted by atomic mass is 10.2. The number of hydrogen-bond acceptors (Lipinski definition) is 3. The predicted octanol–water partition coefficient (Wildman–Crippen LogP) is 0.667. The molecule has 10 heavy (non-hydrogen) atoms. The van der Waals surface area contributed by atoms with E-state index in [1.165, 1.54) is 12.3 Å². The highest BCUT2D eigenvalue weighted by Crippen LogP contribution is 2.09. The third-order valence-electron chi connectivity index (χ3n) is 1.12. The molecule has 0 aliphatic carbocycles. The molecule has 52 valence electrons. The van der Waals surface area contributed by atoms with Gasteiger partial charge in [-0.3, -0.25) is 0 Å². The fraction of sp³-hybridized carbons (Fsp3) is 0.143. The van der Waals surface area contributed by atoms with Crippen LogP contribution >= 0.6 is 0 Å². The van der Waals surface area contributed by atoms with E-state index < -0.39 is 6.04 Å². The second kappa shape index (κ2) is 3.01. The van der Waals surface area contributed by atoms with Crippen molar-refractivity contribution in [3.05, 3.63) is 30.2 Å². The van der Waals surface area contributed by atoms with Crippen LogP contribution in [0.2, 0.25) is 0 Å². The summed E-state index contributed by atoms with van der Waals surface area (Å²) in [6, 6.07) is 2.96. The molecule has 0 saturated carbocycles. The van der Waals surface area contributed by atoms with Crippen molar-refractivity contribution in [2.45, 2.75) is 6.04 Å². The Morgan fingerprint density at radius 3 is 3.10 bits per heavy atom. The summed E-state index contributed by atoms with van der Waals surface area (Å²) in [5.74, 6) is 2.17. The fourth-order valence-corrected chi connectivity index (χ4v) is 0.636. The molecular formula is C7H7NO2. The average Bonchev–Trinajstić information content (AvgIpc) is 2.38. The maximum Gasteiger partial charge on any atom is 0.125 e. The first-order valence-corrected chi connectivity index (χ1v) is 2.84. The van der Waals surface area contributed by atoms with Gasteiger partial charge in [0.15, 0.2) is 0 Å². The van der Waals surface area contributed by atoms with E-state index in [4.69, 9.17) is 10.2 Å². The van der Waals surface area contributed by atoms with Crippen molar-refractivity contribution in [3.63, 3.8) is 0 Å². The quantitative estimate of drug-likeness (QED) is 0.609.